The highest BCUT2D eigenvalue weighted by atomic mass is 16.6. The minimum Gasteiger partial charge on any atom is -0.445 e. The van der Waals surface area contributed by atoms with E-state index < -0.39 is 127 Å². The van der Waals surface area contributed by atoms with E-state index in [9.17, 15) is 48.3 Å². The largest absolute Gasteiger partial charge is 0.445 e. The van der Waals surface area contributed by atoms with Gasteiger partial charge < -0.3 is 66.8 Å². The van der Waals surface area contributed by atoms with Gasteiger partial charge in [-0.1, -0.05) is 111 Å². The maximum atomic E-state index is 14.8. The van der Waals surface area contributed by atoms with Gasteiger partial charge in [-0.2, -0.15) is 0 Å². The number of nitrogens with zero attached hydrogens (tertiary/aromatic N) is 3. The smallest absolute Gasteiger partial charge is 0.410 e. The third-order valence-electron chi connectivity index (χ3n) is 15.7. The number of hydrogen-bond donors (Lipinski definition) is 9. The highest BCUT2D eigenvalue weighted by Crippen LogP contribution is 2.30. The van der Waals surface area contributed by atoms with Gasteiger partial charge in [-0.3, -0.25) is 43.3 Å². The fraction of sp³-hybridized carbons (Fsp3) is 0.650. The first-order valence-electron chi connectivity index (χ1n) is 29.3. The quantitative estimate of drug-likeness (QED) is 0.0358. The molecule has 25 heteroatoms. The van der Waals surface area contributed by atoms with Crippen LogP contribution in [0.2, 0.25) is 0 Å². The number of likely N-dealkylation sites (N-methyl/N-ethyl adjacent to an activating group) is 2. The van der Waals surface area contributed by atoms with E-state index in [-0.39, 0.29) is 56.1 Å². The van der Waals surface area contributed by atoms with Crippen molar-refractivity contribution in [3.63, 3.8) is 0 Å². The van der Waals surface area contributed by atoms with Crippen molar-refractivity contribution < 1.29 is 67.3 Å². The molecule has 1 heterocycles. The number of methoxy groups -OCH3 is 2. The van der Waals surface area contributed by atoms with Crippen molar-refractivity contribution in [1.82, 2.24) is 41.3 Å². The van der Waals surface area contributed by atoms with E-state index in [1.165, 1.54) is 26.2 Å². The van der Waals surface area contributed by atoms with Crippen LogP contribution < -0.4 is 43.5 Å². The van der Waals surface area contributed by atoms with E-state index in [0.29, 0.717) is 42.6 Å². The van der Waals surface area contributed by atoms with E-state index in [2.05, 4.69) is 36.7 Å². The van der Waals surface area contributed by atoms with E-state index in [1.54, 1.807) is 109 Å². The molecule has 10 amide bonds. The minimum absolute atomic E-state index is 0.0865. The first kappa shape index (κ1) is 72.3. The second kappa shape index (κ2) is 35.5. The van der Waals surface area contributed by atoms with Crippen molar-refractivity contribution in [2.75, 3.05) is 53.3 Å². The number of aliphatic hydroxyl groups is 1. The van der Waals surface area contributed by atoms with Gasteiger partial charge in [-0.05, 0) is 79.5 Å². The van der Waals surface area contributed by atoms with Crippen molar-refractivity contribution in [2.24, 2.45) is 41.2 Å². The van der Waals surface area contributed by atoms with Crippen LogP contribution in [0.4, 0.5) is 15.3 Å². The van der Waals surface area contributed by atoms with Crippen LogP contribution in [-0.4, -0.2) is 176 Å². The zero-order chi connectivity index (χ0) is 63.8. The molecule has 3 rings (SSSR count). The minimum atomic E-state index is -1.10. The summed E-state index contributed by atoms with van der Waals surface area (Å²) in [5.74, 6) is -0.479. The Bertz CT molecular complexity index is 2490. The highest BCUT2D eigenvalue weighted by molar-refractivity contribution is 5.98. The summed E-state index contributed by atoms with van der Waals surface area (Å²) in [6.07, 6.45) is -1.01. The maximum Gasteiger partial charge on any atom is 0.410 e. The molecule has 25 nitrogen and oxygen atoms in total. The number of rotatable bonds is 34. The number of urea groups is 1. The molecular weight excluding hydrogens is 1100 g/mol. The number of ether oxygens (including phenoxy) is 3. The number of nitrogens with one attached hydrogen (secondary N) is 6. The second-order valence-corrected chi connectivity index (χ2v) is 23.1. The number of aliphatic hydroxyl groups excluding tert-OH is 1. The monoisotopic (exact) mass is 1200 g/mol. The Morgan fingerprint density at radius 3 is 1.94 bits per heavy atom. The van der Waals surface area contributed by atoms with Gasteiger partial charge in [0.2, 0.25) is 41.4 Å². The molecule has 0 bridgehead atoms. The molecule has 0 radical (unpaired) electrons. The molecule has 0 spiro atoms. The molecule has 85 heavy (non-hydrogen) atoms. The third-order valence-corrected chi connectivity index (χ3v) is 15.7. The molecule has 2 aromatic rings. The summed E-state index contributed by atoms with van der Waals surface area (Å²) in [4.78, 5) is 130. The lowest BCUT2D eigenvalue weighted by molar-refractivity contribution is -0.148. The lowest BCUT2D eigenvalue weighted by Crippen LogP contribution is -2.60. The zero-order valence-electron chi connectivity index (χ0n) is 52.2. The maximum absolute atomic E-state index is 14.8. The summed E-state index contributed by atoms with van der Waals surface area (Å²) in [5, 5.41) is 27.2. The molecule has 12 atom stereocenters. The third kappa shape index (κ3) is 21.5. The summed E-state index contributed by atoms with van der Waals surface area (Å²) in [7, 11) is 6.08. The molecule has 0 aromatic heterocycles. The van der Waals surface area contributed by atoms with Crippen LogP contribution >= 0.6 is 0 Å². The van der Waals surface area contributed by atoms with Gasteiger partial charge in [0.05, 0.1) is 48.8 Å². The number of likely N-dealkylation sites (tertiary alicyclic amines) is 1. The Hall–Kier alpha value is -6.93. The number of nitrogens with two attached hydrogens (primary N) is 2. The predicted octanol–water partition coefficient (Wildman–Crippen LogP) is 3.48. The number of anilines is 1. The Kier molecular flexibility index (Phi) is 30.2. The molecule has 0 aliphatic carbocycles. The standard InChI is InChI=1S/C60H97N11O14/c1-15-37(8)51(45(82-13)31-47(73)71-30-20-24-44(71)53(83-14)38(9)54(75)64-39(10)52(74)41-21-17-16-18-22-41)69(11)58(79)49(35(4)5)68-57(78)50(36(6)7)70(12)60(81)84-32-40-25-27-42(28-26-40)65-55(76)43(23-19-29-63-59(61)80)66-56(77)48(34(2)3)67-46(72)33-85-62/h16-18,21-22,25-28,34-39,43-45,48-53,74H,15,19-20,23-24,29-33,62H2,1-14H3,(H,64,75)(H,65,76)(H,66,77)(H,67,72)(H,68,78)(H3,61,63,80)/t37?,38-,39-,43+,44+,45-,48+,49+,50+,51+,52-,53-/m1/s1. The van der Waals surface area contributed by atoms with Gasteiger partial charge in [-0.25, -0.2) is 15.5 Å². The summed E-state index contributed by atoms with van der Waals surface area (Å²) >= 11 is 0. The van der Waals surface area contributed by atoms with Crippen molar-refractivity contribution in [3.8, 4) is 0 Å². The van der Waals surface area contributed by atoms with Crippen LogP contribution in [0, 0.1) is 29.6 Å². The Morgan fingerprint density at radius 1 is 0.753 bits per heavy atom. The number of primary amides is 1. The molecule has 476 valence electrons. The molecule has 0 saturated carbocycles. The topological polar surface area (TPSA) is 345 Å². The summed E-state index contributed by atoms with van der Waals surface area (Å²) in [5.41, 5.74) is 6.73. The summed E-state index contributed by atoms with van der Waals surface area (Å²) in [6, 6.07) is 8.77. The molecule has 1 aliphatic rings. The summed E-state index contributed by atoms with van der Waals surface area (Å²) in [6.45, 7) is 17.8. The first-order valence-corrected chi connectivity index (χ1v) is 29.3. The number of benzene rings is 2. The zero-order valence-corrected chi connectivity index (χ0v) is 52.2. The molecule has 1 saturated heterocycles. The number of carbonyl (C=O) groups is 9. The lowest BCUT2D eigenvalue weighted by atomic mass is 9.89. The van der Waals surface area contributed by atoms with Crippen molar-refractivity contribution in [3.05, 3.63) is 65.7 Å². The molecular formula is C60H97N11O14. The van der Waals surface area contributed by atoms with Gasteiger partial charge in [0.25, 0.3) is 0 Å². The van der Waals surface area contributed by atoms with E-state index in [4.69, 9.17) is 25.8 Å². The van der Waals surface area contributed by atoms with Gasteiger partial charge in [0.1, 0.15) is 37.4 Å². The van der Waals surface area contributed by atoms with Crippen molar-refractivity contribution >= 4 is 59.2 Å². The normalized spacial score (nSPS) is 17.2. The van der Waals surface area contributed by atoms with Crippen LogP contribution in [0.5, 0.6) is 0 Å². The van der Waals surface area contributed by atoms with Gasteiger partial charge >= 0.3 is 12.1 Å². The fourth-order valence-electron chi connectivity index (χ4n) is 10.7. The van der Waals surface area contributed by atoms with Crippen LogP contribution in [0.15, 0.2) is 54.6 Å². The molecule has 1 aliphatic heterocycles. The average molecular weight is 1200 g/mol. The van der Waals surface area contributed by atoms with Gasteiger partial charge in [0, 0.05) is 47.1 Å². The number of hydrogen-bond acceptors (Lipinski definition) is 15. The Labute approximate surface area is 501 Å². The first-order chi connectivity index (χ1) is 40.1. The van der Waals surface area contributed by atoms with Crippen LogP contribution in [0.25, 0.3) is 0 Å². The van der Waals surface area contributed by atoms with E-state index >= 15 is 0 Å². The molecule has 11 N–H and O–H groups in total. The van der Waals surface area contributed by atoms with Crippen LogP contribution in [-0.2, 0) is 59.2 Å². The van der Waals surface area contributed by atoms with Crippen molar-refractivity contribution in [2.45, 2.75) is 175 Å². The number of amides is 10. The van der Waals surface area contributed by atoms with Crippen LogP contribution in [0.3, 0.4) is 0 Å². The van der Waals surface area contributed by atoms with E-state index in [0.717, 1.165) is 0 Å². The Balaban J connectivity index is 1.71. The number of carbonyl (C=O) groups excluding carboxylic acids is 9. The fourth-order valence-corrected chi connectivity index (χ4v) is 10.7. The molecule has 2 aromatic carbocycles. The Morgan fingerprint density at radius 2 is 1.39 bits per heavy atom. The average Bonchev–Trinajstić information content (AvgIpc) is 4.23. The van der Waals surface area contributed by atoms with Gasteiger partial charge in [0.15, 0.2) is 0 Å². The highest BCUT2D eigenvalue weighted by Gasteiger charge is 2.44. The van der Waals surface area contributed by atoms with E-state index in [1.807, 2.05) is 32.0 Å². The molecule has 1 unspecified atom stereocenters. The van der Waals surface area contributed by atoms with Crippen LogP contribution in [0.1, 0.15) is 125 Å². The second-order valence-electron chi connectivity index (χ2n) is 23.1. The summed E-state index contributed by atoms with van der Waals surface area (Å²) < 4.78 is 17.7. The molecule has 1 fully saturated rings. The SMILES string of the molecule is CCC(C)[C@@H]([C@@H](CC(=O)N1CCC[C@H]1[C@H](OC)[C@@H](C)C(=O)N[C@H](C)[C@@H](O)c1ccccc1)OC)N(C)C(=O)[C@@H](NC(=O)[C@H](C(C)C)N(C)C(=O)OCc1ccc(NC(=O)[C@H](CCCNC(N)=O)NC(=O)[C@@H](NC(=O)CON)C(C)C)cc1)C(C)C. The predicted molar refractivity (Wildman–Crippen MR) is 319 cm³/mol. The van der Waals surface area contributed by atoms with Gasteiger partial charge in [-0.15, -0.1) is 0 Å². The van der Waals surface area contributed by atoms with Crippen molar-refractivity contribution in [1.29, 1.82) is 0 Å². The lowest BCUT2D eigenvalue weighted by Gasteiger charge is -2.41.